The molecule has 148 valence electrons. The molecule has 0 bridgehead atoms. The Bertz CT molecular complexity index is 1000. The number of halogens is 1. The van der Waals surface area contributed by atoms with Gasteiger partial charge in [0.15, 0.2) is 0 Å². The molecule has 0 radical (unpaired) electrons. The predicted octanol–water partition coefficient (Wildman–Crippen LogP) is 3.63. The second-order valence-electron chi connectivity index (χ2n) is 6.99. The van der Waals surface area contributed by atoms with Gasteiger partial charge in [-0.15, -0.1) is 0 Å². The van der Waals surface area contributed by atoms with Crippen LogP contribution < -0.4 is 10.2 Å². The Labute approximate surface area is 169 Å². The number of hydrogen-bond acceptors (Lipinski definition) is 5. The van der Waals surface area contributed by atoms with Crippen LogP contribution in [0.5, 0.6) is 0 Å². The lowest BCUT2D eigenvalue weighted by molar-refractivity contribution is 0.0746. The molecule has 1 saturated heterocycles. The molecule has 1 aliphatic rings. The number of para-hydroxylation sites is 1. The second-order valence-corrected chi connectivity index (χ2v) is 6.99. The highest BCUT2D eigenvalue weighted by Crippen LogP contribution is 2.20. The molecule has 1 aromatic heterocycles. The molecule has 0 aliphatic carbocycles. The first kappa shape index (κ1) is 18.9. The Morgan fingerprint density at radius 2 is 1.72 bits per heavy atom. The van der Waals surface area contributed by atoms with E-state index in [1.54, 1.807) is 30.5 Å². The topological polar surface area (TPSA) is 61.4 Å². The third kappa shape index (κ3) is 4.34. The van der Waals surface area contributed by atoms with Gasteiger partial charge in [0.2, 0.25) is 5.95 Å². The van der Waals surface area contributed by atoms with Gasteiger partial charge in [0.05, 0.1) is 5.69 Å². The monoisotopic (exact) mass is 391 g/mol. The van der Waals surface area contributed by atoms with Gasteiger partial charge in [0.1, 0.15) is 11.6 Å². The molecule has 2 heterocycles. The van der Waals surface area contributed by atoms with Gasteiger partial charge in [0.25, 0.3) is 5.91 Å². The van der Waals surface area contributed by atoms with Crippen LogP contribution in [-0.4, -0.2) is 47.0 Å². The van der Waals surface area contributed by atoms with Gasteiger partial charge in [-0.25, -0.2) is 9.37 Å². The minimum atomic E-state index is -0.337. The molecule has 6 nitrogen and oxygen atoms in total. The van der Waals surface area contributed by atoms with E-state index < -0.39 is 0 Å². The number of nitrogens with one attached hydrogen (secondary N) is 1. The average molecular weight is 391 g/mol. The highest BCUT2D eigenvalue weighted by molar-refractivity contribution is 5.94. The van der Waals surface area contributed by atoms with E-state index in [0.29, 0.717) is 49.2 Å². The number of aryl methyl sites for hydroxylation is 1. The molecule has 1 N–H and O–H groups in total. The van der Waals surface area contributed by atoms with Crippen molar-refractivity contribution in [1.29, 1.82) is 0 Å². The predicted molar refractivity (Wildman–Crippen MR) is 111 cm³/mol. The van der Waals surface area contributed by atoms with Crippen LogP contribution in [0.2, 0.25) is 0 Å². The maximum atomic E-state index is 13.9. The molecule has 0 unspecified atom stereocenters. The summed E-state index contributed by atoms with van der Waals surface area (Å²) >= 11 is 0. The molecule has 3 aromatic rings. The number of hydrogen-bond donors (Lipinski definition) is 1. The first-order valence-electron chi connectivity index (χ1n) is 9.55. The normalized spacial score (nSPS) is 14.0. The summed E-state index contributed by atoms with van der Waals surface area (Å²) < 4.78 is 13.9. The lowest BCUT2D eigenvalue weighted by Gasteiger charge is -2.34. The fourth-order valence-corrected chi connectivity index (χ4v) is 3.26. The highest BCUT2D eigenvalue weighted by Gasteiger charge is 2.23. The number of amides is 1. The number of nitrogens with zero attached hydrogens (tertiary/aromatic N) is 4. The van der Waals surface area contributed by atoms with E-state index in [4.69, 9.17) is 0 Å². The largest absolute Gasteiger partial charge is 0.338 e. The van der Waals surface area contributed by atoms with Crippen molar-refractivity contribution >= 4 is 23.4 Å². The Kier molecular flexibility index (Phi) is 5.37. The van der Waals surface area contributed by atoms with E-state index in [1.165, 1.54) is 6.07 Å². The van der Waals surface area contributed by atoms with Crippen molar-refractivity contribution in [3.05, 3.63) is 77.7 Å². The van der Waals surface area contributed by atoms with Gasteiger partial charge < -0.3 is 15.1 Å². The van der Waals surface area contributed by atoms with Crippen LogP contribution >= 0.6 is 0 Å². The summed E-state index contributed by atoms with van der Waals surface area (Å²) in [5.74, 6) is 0.795. The summed E-state index contributed by atoms with van der Waals surface area (Å²) in [4.78, 5) is 25.4. The third-order valence-electron chi connectivity index (χ3n) is 4.93. The summed E-state index contributed by atoms with van der Waals surface area (Å²) in [6.45, 7) is 4.48. The smallest absolute Gasteiger partial charge is 0.253 e. The third-order valence-corrected chi connectivity index (χ3v) is 4.93. The van der Waals surface area contributed by atoms with Crippen molar-refractivity contribution in [2.45, 2.75) is 6.92 Å². The quantitative estimate of drug-likeness (QED) is 0.736. The van der Waals surface area contributed by atoms with Crippen LogP contribution in [0.3, 0.4) is 0 Å². The SMILES string of the molecule is Cc1ccc(C(=O)N2CCN(c3nccc(Nc4ccccc4F)n3)CC2)cc1. The number of piperazine rings is 1. The van der Waals surface area contributed by atoms with Crippen molar-refractivity contribution < 1.29 is 9.18 Å². The number of anilines is 3. The van der Waals surface area contributed by atoms with Gasteiger partial charge in [-0.1, -0.05) is 29.8 Å². The van der Waals surface area contributed by atoms with Crippen molar-refractivity contribution in [3.63, 3.8) is 0 Å². The summed E-state index contributed by atoms with van der Waals surface area (Å²) in [6, 6.07) is 15.8. The fourth-order valence-electron chi connectivity index (χ4n) is 3.26. The maximum Gasteiger partial charge on any atom is 0.253 e. The lowest BCUT2D eigenvalue weighted by Crippen LogP contribution is -2.49. The summed E-state index contributed by atoms with van der Waals surface area (Å²) in [5.41, 5.74) is 2.20. The summed E-state index contributed by atoms with van der Waals surface area (Å²) in [7, 11) is 0. The van der Waals surface area contributed by atoms with Crippen molar-refractivity contribution in [1.82, 2.24) is 14.9 Å². The number of benzene rings is 2. The summed E-state index contributed by atoms with van der Waals surface area (Å²) in [6.07, 6.45) is 1.65. The molecule has 2 aromatic carbocycles. The molecule has 1 fully saturated rings. The minimum Gasteiger partial charge on any atom is -0.338 e. The first-order chi connectivity index (χ1) is 14.1. The molecule has 0 atom stereocenters. The number of rotatable bonds is 4. The van der Waals surface area contributed by atoms with E-state index in [0.717, 1.165) is 5.56 Å². The average Bonchev–Trinajstić information content (AvgIpc) is 2.76. The van der Waals surface area contributed by atoms with Gasteiger partial charge in [-0.05, 0) is 37.3 Å². The molecule has 0 saturated carbocycles. The lowest BCUT2D eigenvalue weighted by atomic mass is 10.1. The van der Waals surface area contributed by atoms with Crippen molar-refractivity contribution in [2.24, 2.45) is 0 Å². The molecule has 1 amide bonds. The number of carbonyl (C=O) groups is 1. The van der Waals surface area contributed by atoms with Crippen LogP contribution in [0.25, 0.3) is 0 Å². The Morgan fingerprint density at radius 3 is 2.45 bits per heavy atom. The fraction of sp³-hybridized carbons (Fsp3) is 0.227. The van der Waals surface area contributed by atoms with Crippen LogP contribution in [0.1, 0.15) is 15.9 Å². The van der Waals surface area contributed by atoms with E-state index >= 15 is 0 Å². The van der Waals surface area contributed by atoms with E-state index in [2.05, 4.69) is 15.3 Å². The van der Waals surface area contributed by atoms with Crippen LogP contribution in [-0.2, 0) is 0 Å². The molecule has 29 heavy (non-hydrogen) atoms. The highest BCUT2D eigenvalue weighted by atomic mass is 19.1. The molecule has 1 aliphatic heterocycles. The number of carbonyl (C=O) groups excluding carboxylic acids is 1. The Hall–Kier alpha value is -3.48. The molecular formula is C22H22FN5O. The van der Waals surface area contributed by atoms with Crippen LogP contribution in [0, 0.1) is 12.7 Å². The summed E-state index contributed by atoms with van der Waals surface area (Å²) in [5, 5.41) is 2.99. The standard InChI is InChI=1S/C22H22FN5O/c1-16-6-8-17(9-7-16)21(29)27-12-14-28(15-13-27)22-24-11-10-20(26-22)25-19-5-3-2-4-18(19)23/h2-11H,12-15H2,1H3,(H,24,25,26). The Balaban J connectivity index is 1.40. The van der Waals surface area contributed by atoms with E-state index in [1.807, 2.05) is 41.0 Å². The first-order valence-corrected chi connectivity index (χ1v) is 9.55. The van der Waals surface area contributed by atoms with Crippen molar-refractivity contribution in [3.8, 4) is 0 Å². The van der Waals surface area contributed by atoms with E-state index in [-0.39, 0.29) is 11.7 Å². The zero-order valence-electron chi connectivity index (χ0n) is 16.2. The van der Waals surface area contributed by atoms with Gasteiger partial charge in [0, 0.05) is 37.9 Å². The zero-order chi connectivity index (χ0) is 20.2. The van der Waals surface area contributed by atoms with Gasteiger partial charge >= 0.3 is 0 Å². The number of aromatic nitrogens is 2. The van der Waals surface area contributed by atoms with Crippen LogP contribution in [0.15, 0.2) is 60.8 Å². The van der Waals surface area contributed by atoms with E-state index in [9.17, 15) is 9.18 Å². The minimum absolute atomic E-state index is 0.0422. The van der Waals surface area contributed by atoms with Gasteiger partial charge in [-0.3, -0.25) is 4.79 Å². The molecular weight excluding hydrogens is 369 g/mol. The molecule has 7 heteroatoms. The zero-order valence-corrected chi connectivity index (χ0v) is 16.2. The Morgan fingerprint density at radius 1 is 1.00 bits per heavy atom. The molecule has 4 rings (SSSR count). The maximum absolute atomic E-state index is 13.9. The van der Waals surface area contributed by atoms with Crippen LogP contribution in [0.4, 0.5) is 21.8 Å². The van der Waals surface area contributed by atoms with Gasteiger partial charge in [-0.2, -0.15) is 4.98 Å². The molecule has 0 spiro atoms. The van der Waals surface area contributed by atoms with Crippen molar-refractivity contribution in [2.75, 3.05) is 36.4 Å². The second kappa shape index (κ2) is 8.26.